The minimum atomic E-state index is -0.508. The van der Waals surface area contributed by atoms with E-state index < -0.39 is 5.97 Å². The van der Waals surface area contributed by atoms with Crippen LogP contribution >= 0.6 is 35.0 Å². The van der Waals surface area contributed by atoms with Crippen molar-refractivity contribution < 1.29 is 19.1 Å². The van der Waals surface area contributed by atoms with Crippen LogP contribution in [0, 0.1) is 0 Å². The monoisotopic (exact) mass is 430 g/mol. The number of rotatable bonds is 7. The Morgan fingerprint density at radius 2 is 1.93 bits per heavy atom. The number of aliphatic imine (C=N–C) groups is 1. The lowest BCUT2D eigenvalue weighted by Gasteiger charge is -2.11. The molecule has 1 aromatic rings. The van der Waals surface area contributed by atoms with Gasteiger partial charge in [0, 0.05) is 13.1 Å². The summed E-state index contributed by atoms with van der Waals surface area (Å²) in [6.07, 6.45) is 1.71. The highest BCUT2D eigenvalue weighted by atomic mass is 35.5. The Kier molecular flexibility index (Phi) is 8.01. The quantitative estimate of drug-likeness (QED) is 0.477. The van der Waals surface area contributed by atoms with E-state index in [-0.39, 0.29) is 34.9 Å². The van der Waals surface area contributed by atoms with Gasteiger partial charge in [-0.3, -0.25) is 14.7 Å². The van der Waals surface area contributed by atoms with Gasteiger partial charge >= 0.3 is 5.97 Å². The first-order valence-electron chi connectivity index (χ1n) is 8.44. The van der Waals surface area contributed by atoms with Crippen molar-refractivity contribution in [3.05, 3.63) is 32.6 Å². The summed E-state index contributed by atoms with van der Waals surface area (Å²) in [4.78, 5) is 30.4. The molecule has 0 bridgehead atoms. The fourth-order valence-electron chi connectivity index (χ4n) is 2.33. The Morgan fingerprint density at radius 3 is 2.48 bits per heavy atom. The van der Waals surface area contributed by atoms with Crippen LogP contribution in [0.15, 0.2) is 22.0 Å². The van der Waals surface area contributed by atoms with E-state index in [0.717, 1.165) is 0 Å². The van der Waals surface area contributed by atoms with Gasteiger partial charge in [0.2, 0.25) is 0 Å². The number of esters is 1. The summed E-state index contributed by atoms with van der Waals surface area (Å²) in [5.74, 6) is -0.418. The molecule has 0 aliphatic carbocycles. The van der Waals surface area contributed by atoms with Crippen molar-refractivity contribution in [3.8, 4) is 5.75 Å². The Labute approximate surface area is 172 Å². The molecule has 0 radical (unpaired) electrons. The molecule has 2 rings (SSSR count). The number of benzene rings is 1. The van der Waals surface area contributed by atoms with Crippen LogP contribution in [0.5, 0.6) is 5.75 Å². The highest BCUT2D eigenvalue weighted by Gasteiger charge is 2.31. The van der Waals surface area contributed by atoms with Crippen molar-refractivity contribution in [3.63, 3.8) is 0 Å². The second kappa shape index (κ2) is 10.0. The van der Waals surface area contributed by atoms with Gasteiger partial charge in [-0.15, -0.1) is 0 Å². The van der Waals surface area contributed by atoms with Crippen LogP contribution < -0.4 is 4.74 Å². The number of halogens is 2. The molecule has 9 heteroatoms. The summed E-state index contributed by atoms with van der Waals surface area (Å²) in [6, 6.07) is 3.25. The van der Waals surface area contributed by atoms with Gasteiger partial charge < -0.3 is 9.47 Å². The highest BCUT2D eigenvalue weighted by Crippen LogP contribution is 2.37. The van der Waals surface area contributed by atoms with Gasteiger partial charge in [-0.25, -0.2) is 4.79 Å². The van der Waals surface area contributed by atoms with Gasteiger partial charge in [-0.05, 0) is 56.3 Å². The topological polar surface area (TPSA) is 68.2 Å². The average molecular weight is 431 g/mol. The molecule has 1 aliphatic heterocycles. The van der Waals surface area contributed by atoms with Gasteiger partial charge in [0.25, 0.3) is 5.91 Å². The van der Waals surface area contributed by atoms with Crippen molar-refractivity contribution in [2.24, 2.45) is 4.99 Å². The molecule has 1 aromatic carbocycles. The molecule has 0 saturated carbocycles. The lowest BCUT2D eigenvalue weighted by molar-refractivity contribution is -0.145. The third kappa shape index (κ3) is 5.40. The number of nitrogens with zero attached hydrogens (tertiary/aromatic N) is 2. The number of hydrogen-bond acceptors (Lipinski definition) is 6. The van der Waals surface area contributed by atoms with E-state index in [1.165, 1.54) is 11.8 Å². The summed E-state index contributed by atoms with van der Waals surface area (Å²) >= 11 is 13.8. The zero-order valence-corrected chi connectivity index (χ0v) is 17.6. The molecular formula is C18H20Cl2N2O4S. The maximum atomic E-state index is 12.5. The normalized spacial score (nSPS) is 17.1. The summed E-state index contributed by atoms with van der Waals surface area (Å²) in [5, 5.41) is 1.16. The lowest BCUT2D eigenvalue weighted by atomic mass is 10.2. The number of thioether (sulfide) groups is 1. The molecule has 1 fully saturated rings. The Hall–Kier alpha value is -1.70. The van der Waals surface area contributed by atoms with Gasteiger partial charge in [-0.1, -0.05) is 23.2 Å². The predicted molar refractivity (Wildman–Crippen MR) is 110 cm³/mol. The van der Waals surface area contributed by atoms with Crippen molar-refractivity contribution in [1.29, 1.82) is 0 Å². The van der Waals surface area contributed by atoms with E-state index in [2.05, 4.69) is 4.99 Å². The molecule has 1 saturated heterocycles. The molecule has 1 heterocycles. The van der Waals surface area contributed by atoms with E-state index in [0.29, 0.717) is 28.7 Å². The molecule has 146 valence electrons. The second-order valence-corrected chi connectivity index (χ2v) is 7.15. The van der Waals surface area contributed by atoms with E-state index in [9.17, 15) is 9.59 Å². The molecule has 0 aromatic heterocycles. The number of carbonyl (C=O) groups excluding carboxylic acids is 2. The Balaban J connectivity index is 2.23. The zero-order valence-electron chi connectivity index (χ0n) is 15.3. The van der Waals surface area contributed by atoms with E-state index in [1.807, 2.05) is 13.8 Å². The lowest BCUT2D eigenvalue weighted by Crippen LogP contribution is -2.28. The van der Waals surface area contributed by atoms with Gasteiger partial charge in [-0.2, -0.15) is 0 Å². The van der Waals surface area contributed by atoms with Gasteiger partial charge in [0.15, 0.2) is 17.5 Å². The number of hydrogen-bond donors (Lipinski definition) is 0. The largest absolute Gasteiger partial charge is 0.479 e. The number of likely N-dealkylation sites (N-methyl/N-ethyl adjacent to an activating group) is 1. The Bertz CT molecular complexity index is 773. The van der Waals surface area contributed by atoms with Crippen LogP contribution in [-0.4, -0.2) is 48.2 Å². The molecule has 0 N–H and O–H groups in total. The van der Waals surface area contributed by atoms with Crippen molar-refractivity contribution in [2.45, 2.75) is 20.8 Å². The van der Waals surface area contributed by atoms with Crippen molar-refractivity contribution in [1.82, 2.24) is 4.90 Å². The SMILES string of the molecule is CCN=C1S/C(=C/c2cc(Cl)c(OCC(=O)OCC)c(Cl)c2)C(=O)N1CC. The molecule has 27 heavy (non-hydrogen) atoms. The number of carbonyl (C=O) groups is 2. The summed E-state index contributed by atoms with van der Waals surface area (Å²) in [7, 11) is 0. The minimum Gasteiger partial charge on any atom is -0.479 e. The van der Waals surface area contributed by atoms with Crippen LogP contribution in [0.3, 0.4) is 0 Å². The summed E-state index contributed by atoms with van der Waals surface area (Å²) in [5.41, 5.74) is 0.651. The number of amides is 1. The fourth-order valence-corrected chi connectivity index (χ4v) is 4.04. The average Bonchev–Trinajstić information content (AvgIpc) is 2.89. The Morgan fingerprint density at radius 1 is 1.26 bits per heavy atom. The summed E-state index contributed by atoms with van der Waals surface area (Å²) < 4.78 is 10.2. The molecule has 0 spiro atoms. The molecule has 0 unspecified atom stereocenters. The van der Waals surface area contributed by atoms with Crippen LogP contribution in [0.1, 0.15) is 26.3 Å². The second-order valence-electron chi connectivity index (χ2n) is 5.32. The standard InChI is InChI=1S/C18H20Cl2N2O4S/c1-4-21-18-22(5-2)17(24)14(27-18)9-11-7-12(19)16(13(20)8-11)26-10-15(23)25-6-3/h7-9H,4-6,10H2,1-3H3/b14-9+,21-18?. The molecule has 6 nitrogen and oxygen atoms in total. The van der Waals surface area contributed by atoms with Crippen LogP contribution in [0.2, 0.25) is 10.0 Å². The van der Waals surface area contributed by atoms with E-state index >= 15 is 0 Å². The van der Waals surface area contributed by atoms with E-state index in [1.54, 1.807) is 30.0 Å². The van der Waals surface area contributed by atoms with Gasteiger partial charge in [0.05, 0.1) is 21.6 Å². The first kappa shape index (κ1) is 21.6. The van der Waals surface area contributed by atoms with Crippen molar-refractivity contribution >= 4 is 58.1 Å². The number of ether oxygens (including phenoxy) is 2. The van der Waals surface area contributed by atoms with Crippen LogP contribution in [-0.2, 0) is 14.3 Å². The maximum absolute atomic E-state index is 12.5. The fraction of sp³-hybridized carbons (Fsp3) is 0.389. The molecule has 0 atom stereocenters. The van der Waals surface area contributed by atoms with E-state index in [4.69, 9.17) is 32.7 Å². The first-order valence-corrected chi connectivity index (χ1v) is 10.0. The first-order chi connectivity index (χ1) is 12.9. The maximum Gasteiger partial charge on any atom is 0.344 e. The van der Waals surface area contributed by atoms with Crippen LogP contribution in [0.4, 0.5) is 0 Å². The van der Waals surface area contributed by atoms with Crippen LogP contribution in [0.25, 0.3) is 6.08 Å². The molecule has 1 aliphatic rings. The highest BCUT2D eigenvalue weighted by molar-refractivity contribution is 8.18. The summed E-state index contributed by atoms with van der Waals surface area (Å²) in [6.45, 7) is 6.65. The minimum absolute atomic E-state index is 0.107. The van der Waals surface area contributed by atoms with Crippen molar-refractivity contribution in [2.75, 3.05) is 26.3 Å². The third-order valence-corrected chi connectivity index (χ3v) is 5.06. The molecular weight excluding hydrogens is 411 g/mol. The number of amidine groups is 1. The third-order valence-electron chi connectivity index (χ3n) is 3.46. The van der Waals surface area contributed by atoms with Gasteiger partial charge in [0.1, 0.15) is 0 Å². The zero-order chi connectivity index (χ0) is 20.0. The smallest absolute Gasteiger partial charge is 0.344 e. The predicted octanol–water partition coefficient (Wildman–Crippen LogP) is 4.25. The molecule has 1 amide bonds.